The van der Waals surface area contributed by atoms with Crippen LogP contribution >= 0.6 is 27.5 Å². The average molecular weight is 493 g/mol. The number of carbonyl (C=O) groups is 1. The second kappa shape index (κ2) is 10.5. The molecule has 0 bridgehead atoms. The zero-order chi connectivity index (χ0) is 21.5. The van der Waals surface area contributed by atoms with Crippen LogP contribution in [0, 0.1) is 5.82 Å². The highest BCUT2D eigenvalue weighted by molar-refractivity contribution is 9.10. The minimum absolute atomic E-state index is 0.0222. The van der Waals surface area contributed by atoms with Crippen molar-refractivity contribution in [2.75, 3.05) is 11.9 Å². The van der Waals surface area contributed by atoms with Crippen LogP contribution in [-0.4, -0.2) is 12.6 Å². The molecule has 0 aliphatic carbocycles. The Labute approximate surface area is 188 Å². The van der Waals surface area contributed by atoms with E-state index < -0.39 is 5.82 Å². The van der Waals surface area contributed by atoms with Crippen molar-refractivity contribution >= 4 is 39.2 Å². The third-order valence-electron chi connectivity index (χ3n) is 4.34. The minimum atomic E-state index is -0.402. The highest BCUT2D eigenvalue weighted by Gasteiger charge is 2.11. The quantitative estimate of drug-likeness (QED) is 0.360. The van der Waals surface area contributed by atoms with Gasteiger partial charge in [0, 0.05) is 27.8 Å². The van der Waals surface area contributed by atoms with Gasteiger partial charge < -0.3 is 14.8 Å². The molecule has 1 N–H and O–H groups in total. The molecule has 30 heavy (non-hydrogen) atoms. The van der Waals surface area contributed by atoms with Crippen molar-refractivity contribution in [3.63, 3.8) is 0 Å². The Morgan fingerprint density at radius 1 is 1.13 bits per heavy atom. The lowest BCUT2D eigenvalue weighted by atomic mass is 10.1. The van der Waals surface area contributed by atoms with Crippen molar-refractivity contribution in [3.8, 4) is 5.75 Å². The number of carbonyl (C=O) groups excluding carboxylic acids is 1. The molecule has 0 atom stereocenters. The maximum atomic E-state index is 14.0. The maximum Gasteiger partial charge on any atom is 0.338 e. The molecule has 0 heterocycles. The molecule has 0 aliphatic heterocycles. The molecule has 0 radical (unpaired) electrons. The first kappa shape index (κ1) is 22.1. The lowest BCUT2D eigenvalue weighted by Crippen LogP contribution is -2.06. The van der Waals surface area contributed by atoms with Crippen LogP contribution in [0.1, 0.15) is 28.4 Å². The molecule has 156 valence electrons. The summed E-state index contributed by atoms with van der Waals surface area (Å²) in [4.78, 5) is 11.8. The van der Waals surface area contributed by atoms with E-state index in [2.05, 4.69) is 21.2 Å². The van der Waals surface area contributed by atoms with Crippen LogP contribution in [0.25, 0.3) is 0 Å². The Bertz CT molecular complexity index is 1010. The summed E-state index contributed by atoms with van der Waals surface area (Å²) in [6.07, 6.45) is 0. The van der Waals surface area contributed by atoms with E-state index in [1.807, 2.05) is 30.3 Å². The van der Waals surface area contributed by atoms with Crippen LogP contribution in [-0.2, 0) is 17.9 Å². The van der Waals surface area contributed by atoms with Gasteiger partial charge >= 0.3 is 5.97 Å². The van der Waals surface area contributed by atoms with E-state index in [1.54, 1.807) is 31.2 Å². The van der Waals surface area contributed by atoms with Crippen molar-refractivity contribution in [2.24, 2.45) is 0 Å². The number of anilines is 1. The van der Waals surface area contributed by atoms with Gasteiger partial charge in [-0.3, -0.25) is 0 Å². The van der Waals surface area contributed by atoms with Gasteiger partial charge in [0.15, 0.2) is 0 Å². The molecule has 0 spiro atoms. The molecule has 0 aliphatic rings. The number of benzene rings is 3. The van der Waals surface area contributed by atoms with Gasteiger partial charge in [0.1, 0.15) is 18.2 Å². The Morgan fingerprint density at radius 3 is 2.60 bits per heavy atom. The van der Waals surface area contributed by atoms with Gasteiger partial charge in [0.25, 0.3) is 0 Å². The van der Waals surface area contributed by atoms with Crippen molar-refractivity contribution in [3.05, 3.63) is 92.7 Å². The van der Waals surface area contributed by atoms with Crippen LogP contribution in [0.5, 0.6) is 5.75 Å². The van der Waals surface area contributed by atoms with Gasteiger partial charge in [-0.25, -0.2) is 9.18 Å². The fraction of sp³-hybridized carbons (Fsp3) is 0.174. The summed E-state index contributed by atoms with van der Waals surface area (Å²) in [5, 5.41) is 3.62. The molecule has 4 nitrogen and oxygen atoms in total. The average Bonchev–Trinajstić information content (AvgIpc) is 2.73. The van der Waals surface area contributed by atoms with E-state index in [1.165, 1.54) is 6.07 Å². The zero-order valence-corrected chi connectivity index (χ0v) is 18.6. The van der Waals surface area contributed by atoms with Gasteiger partial charge in [-0.2, -0.15) is 0 Å². The largest absolute Gasteiger partial charge is 0.488 e. The molecule has 0 unspecified atom stereocenters. The third kappa shape index (κ3) is 5.74. The van der Waals surface area contributed by atoms with Crippen LogP contribution in [0.2, 0.25) is 5.02 Å². The summed E-state index contributed by atoms with van der Waals surface area (Å²) in [7, 11) is 0. The van der Waals surface area contributed by atoms with E-state index in [0.717, 1.165) is 15.7 Å². The van der Waals surface area contributed by atoms with E-state index in [0.29, 0.717) is 35.1 Å². The lowest BCUT2D eigenvalue weighted by Gasteiger charge is -2.14. The summed E-state index contributed by atoms with van der Waals surface area (Å²) in [5.41, 5.74) is 2.53. The molecule has 0 fully saturated rings. The Kier molecular flexibility index (Phi) is 7.71. The van der Waals surface area contributed by atoms with Gasteiger partial charge in [-0.1, -0.05) is 33.6 Å². The Balaban J connectivity index is 1.69. The predicted molar refractivity (Wildman–Crippen MR) is 120 cm³/mol. The highest BCUT2D eigenvalue weighted by Crippen LogP contribution is 2.27. The Hall–Kier alpha value is -2.57. The first-order valence-electron chi connectivity index (χ1n) is 9.33. The molecule has 0 saturated carbocycles. The fourth-order valence-electron chi connectivity index (χ4n) is 2.78. The molecule has 0 saturated heterocycles. The van der Waals surface area contributed by atoms with Crippen molar-refractivity contribution < 1.29 is 18.7 Å². The summed E-state index contributed by atoms with van der Waals surface area (Å²) in [6.45, 7) is 2.60. The van der Waals surface area contributed by atoms with Crippen molar-refractivity contribution in [1.82, 2.24) is 0 Å². The minimum Gasteiger partial charge on any atom is -0.488 e. The first-order valence-corrected chi connectivity index (χ1v) is 10.5. The monoisotopic (exact) mass is 491 g/mol. The van der Waals surface area contributed by atoms with Gasteiger partial charge in [-0.15, -0.1) is 0 Å². The number of hydrogen-bond acceptors (Lipinski definition) is 4. The number of hydrogen-bond donors (Lipinski definition) is 1. The SMILES string of the molecule is CCOC(=O)c1ccc(NCc2cc(Br)ccc2OCc2c(F)cccc2Cl)cc1. The van der Waals surface area contributed by atoms with E-state index in [9.17, 15) is 9.18 Å². The molecule has 3 aromatic carbocycles. The number of esters is 1. The van der Waals surface area contributed by atoms with E-state index in [-0.39, 0.29) is 12.6 Å². The second-order valence-electron chi connectivity index (χ2n) is 6.39. The zero-order valence-electron chi connectivity index (χ0n) is 16.3. The first-order chi connectivity index (χ1) is 14.5. The van der Waals surface area contributed by atoms with Crippen LogP contribution in [0.15, 0.2) is 65.1 Å². The summed E-state index contributed by atoms with van der Waals surface area (Å²) < 4.78 is 25.8. The maximum absolute atomic E-state index is 14.0. The normalized spacial score (nSPS) is 10.5. The number of nitrogens with one attached hydrogen (secondary N) is 1. The second-order valence-corrected chi connectivity index (χ2v) is 7.72. The smallest absolute Gasteiger partial charge is 0.338 e. The highest BCUT2D eigenvalue weighted by atomic mass is 79.9. The number of ether oxygens (including phenoxy) is 2. The summed E-state index contributed by atoms with van der Waals surface area (Å²) in [6, 6.07) is 17.2. The molecule has 7 heteroatoms. The van der Waals surface area contributed by atoms with Gasteiger partial charge in [0.2, 0.25) is 0 Å². The van der Waals surface area contributed by atoms with Crippen molar-refractivity contribution in [2.45, 2.75) is 20.1 Å². The molecular weight excluding hydrogens is 473 g/mol. The fourth-order valence-corrected chi connectivity index (χ4v) is 3.41. The summed E-state index contributed by atoms with van der Waals surface area (Å²) in [5.74, 6) is -0.132. The molecular formula is C23H20BrClFNO3. The number of halogens is 3. The molecule has 3 rings (SSSR count). The standard InChI is InChI=1S/C23H20BrClFNO3/c1-2-29-23(28)15-6-9-18(10-7-15)27-13-16-12-17(24)8-11-22(16)30-14-19-20(25)4-3-5-21(19)26/h3-12,27H,2,13-14H2,1H3. The molecule has 0 aromatic heterocycles. The summed E-state index contributed by atoms with van der Waals surface area (Å²) >= 11 is 9.55. The molecule has 3 aromatic rings. The predicted octanol–water partition coefficient (Wildman–Crippen LogP) is 6.61. The third-order valence-corrected chi connectivity index (χ3v) is 5.18. The topological polar surface area (TPSA) is 47.6 Å². The Morgan fingerprint density at radius 2 is 1.90 bits per heavy atom. The lowest BCUT2D eigenvalue weighted by molar-refractivity contribution is 0.0526. The number of rotatable bonds is 8. The van der Waals surface area contributed by atoms with Gasteiger partial charge in [-0.05, 0) is 61.5 Å². The van der Waals surface area contributed by atoms with Gasteiger partial charge in [0.05, 0.1) is 17.2 Å². The van der Waals surface area contributed by atoms with Crippen LogP contribution in [0.4, 0.5) is 10.1 Å². The van der Waals surface area contributed by atoms with Crippen LogP contribution < -0.4 is 10.1 Å². The molecule has 0 amide bonds. The van der Waals surface area contributed by atoms with Crippen LogP contribution in [0.3, 0.4) is 0 Å². The van der Waals surface area contributed by atoms with Crippen molar-refractivity contribution in [1.29, 1.82) is 0 Å². The van der Waals surface area contributed by atoms with E-state index >= 15 is 0 Å². The van der Waals surface area contributed by atoms with E-state index in [4.69, 9.17) is 21.1 Å².